The number of hydrogen-bond acceptors (Lipinski definition) is 2. The predicted molar refractivity (Wildman–Crippen MR) is 86.6 cm³/mol. The van der Waals surface area contributed by atoms with Crippen LogP contribution in [-0.4, -0.2) is 4.98 Å². The van der Waals surface area contributed by atoms with Crippen LogP contribution in [0.15, 0.2) is 79.1 Å². The number of rotatable bonds is 2. The number of fused-ring (bicyclic) bond motifs is 1. The summed E-state index contributed by atoms with van der Waals surface area (Å²) < 4.78 is 3.28. The van der Waals surface area contributed by atoms with Crippen molar-refractivity contribution in [2.45, 2.75) is 0 Å². The molecule has 0 amide bonds. The van der Waals surface area contributed by atoms with E-state index >= 15 is 0 Å². The molecule has 2 aromatic carbocycles. The highest BCUT2D eigenvalue weighted by molar-refractivity contribution is 7.20. The van der Waals surface area contributed by atoms with E-state index in [2.05, 4.69) is 64.4 Å². The lowest BCUT2D eigenvalue weighted by molar-refractivity contribution is -0.595. The normalized spacial score (nSPS) is 10.9. The van der Waals surface area contributed by atoms with Gasteiger partial charge in [0.05, 0.1) is 17.1 Å². The molecular formula is C18H13N2S+. The number of para-hydroxylation sites is 1. The molecule has 0 aliphatic carbocycles. The maximum Gasteiger partial charge on any atom is 0.388 e. The summed E-state index contributed by atoms with van der Waals surface area (Å²) in [5.74, 6) is 0. The van der Waals surface area contributed by atoms with Crippen molar-refractivity contribution in [2.75, 3.05) is 0 Å². The highest BCUT2D eigenvalue weighted by atomic mass is 32.1. The molecule has 3 heteroatoms. The van der Waals surface area contributed by atoms with Crippen LogP contribution >= 0.6 is 11.3 Å². The summed E-state index contributed by atoms with van der Waals surface area (Å²) in [6, 6.07) is 22.9. The fourth-order valence-corrected chi connectivity index (χ4v) is 3.28. The standard InChI is InChI=1S/C18H13N2S/c1-2-6-14(7-3-1)15-10-12-20(13-11-15)18-19-16-8-4-5-9-17(16)21-18/h1-13H/q+1. The molecule has 2 nitrogen and oxygen atoms in total. The molecule has 0 aliphatic rings. The molecule has 100 valence electrons. The van der Waals surface area contributed by atoms with Gasteiger partial charge in [-0.25, -0.2) is 0 Å². The van der Waals surface area contributed by atoms with Gasteiger partial charge in [0.1, 0.15) is 0 Å². The molecule has 4 aromatic rings. The van der Waals surface area contributed by atoms with Crippen molar-refractivity contribution in [3.05, 3.63) is 79.1 Å². The van der Waals surface area contributed by atoms with Crippen LogP contribution in [0.3, 0.4) is 0 Å². The minimum atomic E-state index is 0.996. The van der Waals surface area contributed by atoms with Crippen LogP contribution in [0, 0.1) is 0 Å². The van der Waals surface area contributed by atoms with Gasteiger partial charge in [-0.15, -0.1) is 0 Å². The fraction of sp³-hybridized carbons (Fsp3) is 0. The van der Waals surface area contributed by atoms with Gasteiger partial charge in [-0.05, 0) is 51.7 Å². The monoisotopic (exact) mass is 289 g/mol. The molecule has 0 unspecified atom stereocenters. The Kier molecular flexibility index (Phi) is 2.98. The van der Waals surface area contributed by atoms with Gasteiger partial charge < -0.3 is 0 Å². The van der Waals surface area contributed by atoms with Crippen molar-refractivity contribution in [1.29, 1.82) is 0 Å². The van der Waals surface area contributed by atoms with Crippen molar-refractivity contribution in [3.8, 4) is 16.3 Å². The summed E-state index contributed by atoms with van der Waals surface area (Å²) in [7, 11) is 0. The number of aromatic nitrogens is 2. The molecule has 0 saturated carbocycles. The van der Waals surface area contributed by atoms with Crippen molar-refractivity contribution in [3.63, 3.8) is 0 Å². The highest BCUT2D eigenvalue weighted by Gasteiger charge is 2.14. The quantitative estimate of drug-likeness (QED) is 0.504. The summed E-state index contributed by atoms with van der Waals surface area (Å²) in [5, 5.41) is 0.996. The SMILES string of the molecule is c1ccc(-c2cc[n+](-c3nc4ccccc4s3)cc2)cc1. The van der Waals surface area contributed by atoms with E-state index in [0.29, 0.717) is 0 Å². The molecule has 0 bridgehead atoms. The zero-order chi connectivity index (χ0) is 14.1. The minimum Gasteiger partial charge on any atom is -0.194 e. The van der Waals surface area contributed by atoms with E-state index in [1.807, 2.05) is 24.3 Å². The summed E-state index contributed by atoms with van der Waals surface area (Å²) in [6.45, 7) is 0. The van der Waals surface area contributed by atoms with E-state index in [-0.39, 0.29) is 0 Å². The third-order valence-electron chi connectivity index (χ3n) is 3.44. The second-order valence-electron chi connectivity index (χ2n) is 4.82. The lowest BCUT2D eigenvalue weighted by Gasteiger charge is -2.00. The van der Waals surface area contributed by atoms with E-state index in [1.54, 1.807) is 11.3 Å². The van der Waals surface area contributed by atoms with Gasteiger partial charge in [0, 0.05) is 0 Å². The van der Waals surface area contributed by atoms with Gasteiger partial charge in [0.25, 0.3) is 0 Å². The maximum absolute atomic E-state index is 4.67. The van der Waals surface area contributed by atoms with Gasteiger partial charge in [-0.3, -0.25) is 0 Å². The molecule has 4 rings (SSSR count). The van der Waals surface area contributed by atoms with Crippen LogP contribution < -0.4 is 4.57 Å². The largest absolute Gasteiger partial charge is 0.388 e. The molecule has 0 saturated heterocycles. The van der Waals surface area contributed by atoms with Gasteiger partial charge in [0.15, 0.2) is 5.52 Å². The predicted octanol–water partition coefficient (Wildman–Crippen LogP) is 4.24. The van der Waals surface area contributed by atoms with Crippen LogP contribution in [-0.2, 0) is 0 Å². The third kappa shape index (κ3) is 2.32. The van der Waals surface area contributed by atoms with Crippen molar-refractivity contribution >= 4 is 21.6 Å². The molecule has 21 heavy (non-hydrogen) atoms. The first-order valence-corrected chi connectivity index (χ1v) is 7.64. The third-order valence-corrected chi connectivity index (χ3v) is 4.49. The first kappa shape index (κ1) is 12.2. The van der Waals surface area contributed by atoms with Gasteiger partial charge in [-0.1, -0.05) is 42.5 Å². The zero-order valence-corrected chi connectivity index (χ0v) is 12.1. The molecule has 2 aromatic heterocycles. The maximum atomic E-state index is 4.67. The van der Waals surface area contributed by atoms with Crippen LogP contribution in [0.1, 0.15) is 0 Å². The fourth-order valence-electron chi connectivity index (χ4n) is 2.35. The summed E-state index contributed by atoms with van der Waals surface area (Å²) >= 11 is 1.70. The lowest BCUT2D eigenvalue weighted by atomic mass is 10.1. The average molecular weight is 289 g/mol. The lowest BCUT2D eigenvalue weighted by Crippen LogP contribution is -2.28. The second kappa shape index (κ2) is 5.11. The molecule has 0 atom stereocenters. The second-order valence-corrected chi connectivity index (χ2v) is 5.83. The van der Waals surface area contributed by atoms with E-state index in [1.165, 1.54) is 15.8 Å². The molecule has 0 aliphatic heterocycles. The average Bonchev–Trinajstić information content (AvgIpc) is 3.00. The van der Waals surface area contributed by atoms with Crippen LogP contribution in [0.5, 0.6) is 0 Å². The van der Waals surface area contributed by atoms with Crippen LogP contribution in [0.25, 0.3) is 26.5 Å². The van der Waals surface area contributed by atoms with Gasteiger partial charge in [-0.2, -0.15) is 4.57 Å². The first-order valence-electron chi connectivity index (χ1n) is 6.83. The van der Waals surface area contributed by atoms with E-state index < -0.39 is 0 Å². The molecule has 0 N–H and O–H groups in total. The smallest absolute Gasteiger partial charge is 0.194 e. The van der Waals surface area contributed by atoms with Crippen LogP contribution in [0.4, 0.5) is 0 Å². The van der Waals surface area contributed by atoms with Crippen molar-refractivity contribution in [1.82, 2.24) is 4.98 Å². The Morgan fingerprint density at radius 2 is 1.38 bits per heavy atom. The van der Waals surface area contributed by atoms with Crippen molar-refractivity contribution in [2.24, 2.45) is 0 Å². The van der Waals surface area contributed by atoms with Crippen molar-refractivity contribution < 1.29 is 4.57 Å². The number of thiazole rings is 1. The number of nitrogens with zero attached hydrogens (tertiary/aromatic N) is 2. The first-order chi connectivity index (χ1) is 10.4. The van der Waals surface area contributed by atoms with Gasteiger partial charge >= 0.3 is 5.13 Å². The van der Waals surface area contributed by atoms with Crippen LogP contribution in [0.2, 0.25) is 0 Å². The summed E-state index contributed by atoms with van der Waals surface area (Å²) in [6.07, 6.45) is 4.14. The Labute approximate surface area is 127 Å². The highest BCUT2D eigenvalue weighted by Crippen LogP contribution is 2.22. The Hall–Kier alpha value is -2.52. The number of hydrogen-bond donors (Lipinski definition) is 0. The Morgan fingerprint density at radius 3 is 2.14 bits per heavy atom. The number of benzene rings is 2. The molecule has 0 fully saturated rings. The zero-order valence-electron chi connectivity index (χ0n) is 11.3. The Balaban J connectivity index is 1.73. The topological polar surface area (TPSA) is 16.8 Å². The summed E-state index contributed by atoms with van der Waals surface area (Å²) in [4.78, 5) is 4.67. The molecular weight excluding hydrogens is 276 g/mol. The Bertz CT molecular complexity index is 847. The molecule has 0 spiro atoms. The van der Waals surface area contributed by atoms with E-state index in [9.17, 15) is 0 Å². The van der Waals surface area contributed by atoms with E-state index in [4.69, 9.17) is 0 Å². The number of pyridine rings is 1. The van der Waals surface area contributed by atoms with Gasteiger partial charge in [0.2, 0.25) is 0 Å². The Morgan fingerprint density at radius 1 is 0.714 bits per heavy atom. The molecule has 0 radical (unpaired) electrons. The van der Waals surface area contributed by atoms with E-state index in [0.717, 1.165) is 10.6 Å². The molecule has 2 heterocycles. The minimum absolute atomic E-state index is 0.996. The summed E-state index contributed by atoms with van der Waals surface area (Å²) in [5.41, 5.74) is 3.50.